The molecule has 0 aromatic carbocycles. The van der Waals surface area contributed by atoms with Gasteiger partial charge in [0.25, 0.3) is 0 Å². The van der Waals surface area contributed by atoms with Crippen LogP contribution in [0, 0.1) is 0 Å². The van der Waals surface area contributed by atoms with Crippen LogP contribution in [0.25, 0.3) is 0 Å². The molecule has 1 atom stereocenters. The average Bonchev–Trinajstić information content (AvgIpc) is 2.91. The molecule has 1 saturated heterocycles. The molecule has 98 valence electrons. The van der Waals surface area contributed by atoms with Gasteiger partial charge in [0.2, 0.25) is 0 Å². The first-order valence-electron chi connectivity index (χ1n) is 6.68. The largest absolute Gasteiger partial charge is 0.409 e. The highest BCUT2D eigenvalue weighted by Gasteiger charge is 2.28. The van der Waals surface area contributed by atoms with Crippen molar-refractivity contribution in [2.24, 2.45) is 10.9 Å². The third-order valence-electron chi connectivity index (χ3n) is 4.28. The van der Waals surface area contributed by atoms with Crippen molar-refractivity contribution >= 4 is 5.84 Å². The van der Waals surface area contributed by atoms with Crippen LogP contribution in [0.15, 0.2) is 5.16 Å². The van der Waals surface area contributed by atoms with Crippen LogP contribution in [0.4, 0.5) is 0 Å². The second kappa shape index (κ2) is 5.69. The molecule has 1 unspecified atom stereocenters. The Labute approximate surface area is 103 Å². The molecule has 2 fully saturated rings. The Morgan fingerprint density at radius 1 is 1.24 bits per heavy atom. The van der Waals surface area contributed by atoms with E-state index in [1.807, 2.05) is 6.92 Å². The van der Waals surface area contributed by atoms with Crippen LogP contribution in [0.1, 0.15) is 32.6 Å². The maximum Gasteiger partial charge on any atom is 0.156 e. The topological polar surface area (TPSA) is 65.1 Å². The maximum atomic E-state index is 8.69. The first-order valence-corrected chi connectivity index (χ1v) is 6.68. The number of amidine groups is 1. The normalized spacial score (nSPS) is 27.5. The van der Waals surface area contributed by atoms with E-state index in [2.05, 4.69) is 15.0 Å². The van der Waals surface area contributed by atoms with Gasteiger partial charge in [-0.05, 0) is 19.8 Å². The molecule has 0 aromatic heterocycles. The smallest absolute Gasteiger partial charge is 0.156 e. The Balaban J connectivity index is 1.81. The number of piperazine rings is 1. The number of hydrogen-bond donors (Lipinski definition) is 2. The van der Waals surface area contributed by atoms with Gasteiger partial charge in [0.15, 0.2) is 5.84 Å². The maximum absolute atomic E-state index is 8.69. The van der Waals surface area contributed by atoms with Crippen molar-refractivity contribution in [1.29, 1.82) is 0 Å². The highest BCUT2D eigenvalue weighted by molar-refractivity contribution is 5.84. The lowest BCUT2D eigenvalue weighted by molar-refractivity contribution is 0.0893. The fourth-order valence-electron chi connectivity index (χ4n) is 3.03. The fraction of sp³-hybridized carbons (Fsp3) is 0.917. The summed E-state index contributed by atoms with van der Waals surface area (Å²) in [7, 11) is 0. The van der Waals surface area contributed by atoms with Gasteiger partial charge in [0.05, 0.1) is 6.04 Å². The highest BCUT2D eigenvalue weighted by atomic mass is 16.4. The number of nitrogens with zero attached hydrogens (tertiary/aromatic N) is 3. The zero-order valence-electron chi connectivity index (χ0n) is 10.7. The van der Waals surface area contributed by atoms with E-state index in [0.717, 1.165) is 32.2 Å². The van der Waals surface area contributed by atoms with Crippen LogP contribution in [0.2, 0.25) is 0 Å². The third kappa shape index (κ3) is 2.90. The van der Waals surface area contributed by atoms with Crippen molar-refractivity contribution < 1.29 is 5.21 Å². The van der Waals surface area contributed by atoms with E-state index >= 15 is 0 Å². The predicted octanol–water partition coefficient (Wildman–Crippen LogP) is 0.682. The van der Waals surface area contributed by atoms with Crippen LogP contribution < -0.4 is 5.73 Å². The molecule has 0 bridgehead atoms. The van der Waals surface area contributed by atoms with Gasteiger partial charge < -0.3 is 10.9 Å². The highest BCUT2D eigenvalue weighted by Crippen LogP contribution is 2.24. The van der Waals surface area contributed by atoms with Gasteiger partial charge in [-0.1, -0.05) is 18.0 Å². The molecular weight excluding hydrogens is 216 g/mol. The molecule has 5 heteroatoms. The lowest BCUT2D eigenvalue weighted by atomic mass is 10.1. The Morgan fingerprint density at radius 3 is 2.35 bits per heavy atom. The van der Waals surface area contributed by atoms with E-state index in [9.17, 15) is 0 Å². The molecule has 1 heterocycles. The second-order valence-corrected chi connectivity index (χ2v) is 5.21. The molecule has 0 radical (unpaired) electrons. The van der Waals surface area contributed by atoms with Crippen LogP contribution in [-0.4, -0.2) is 59.1 Å². The lowest BCUT2D eigenvalue weighted by Gasteiger charge is -2.40. The van der Waals surface area contributed by atoms with Crippen LogP contribution in [0.3, 0.4) is 0 Å². The Morgan fingerprint density at radius 2 is 1.82 bits per heavy atom. The molecule has 3 N–H and O–H groups in total. The first kappa shape index (κ1) is 12.6. The summed E-state index contributed by atoms with van der Waals surface area (Å²) in [5.74, 6) is 0.319. The van der Waals surface area contributed by atoms with E-state index < -0.39 is 0 Å². The summed E-state index contributed by atoms with van der Waals surface area (Å²) < 4.78 is 0. The van der Waals surface area contributed by atoms with Crippen molar-refractivity contribution in [3.8, 4) is 0 Å². The molecule has 2 rings (SSSR count). The van der Waals surface area contributed by atoms with Gasteiger partial charge in [-0.2, -0.15) is 0 Å². The van der Waals surface area contributed by atoms with Crippen molar-refractivity contribution in [2.75, 3.05) is 26.2 Å². The minimum atomic E-state index is 0.0470. The molecule has 0 amide bonds. The van der Waals surface area contributed by atoms with Crippen LogP contribution in [-0.2, 0) is 0 Å². The molecular formula is C12H24N4O. The Hall–Kier alpha value is -0.810. The Kier molecular flexibility index (Phi) is 4.23. The van der Waals surface area contributed by atoms with E-state index in [0.29, 0.717) is 5.84 Å². The van der Waals surface area contributed by atoms with Crippen LogP contribution in [0.5, 0.6) is 0 Å². The zero-order chi connectivity index (χ0) is 12.3. The lowest BCUT2D eigenvalue weighted by Crippen LogP contribution is -2.54. The van der Waals surface area contributed by atoms with Crippen LogP contribution >= 0.6 is 0 Å². The molecule has 17 heavy (non-hydrogen) atoms. The molecule has 2 aliphatic rings. The summed E-state index contributed by atoms with van der Waals surface area (Å²) in [6.07, 6.45) is 5.53. The second-order valence-electron chi connectivity index (χ2n) is 5.21. The van der Waals surface area contributed by atoms with E-state index in [1.165, 1.54) is 25.7 Å². The molecule has 1 aliphatic heterocycles. The number of hydrogen-bond acceptors (Lipinski definition) is 4. The summed E-state index contributed by atoms with van der Waals surface area (Å²) in [6, 6.07) is 0.863. The molecule has 1 aliphatic carbocycles. The molecule has 5 nitrogen and oxygen atoms in total. The summed E-state index contributed by atoms with van der Waals surface area (Å²) in [5, 5.41) is 11.8. The third-order valence-corrected chi connectivity index (χ3v) is 4.28. The number of rotatable bonds is 3. The Bertz CT molecular complexity index is 268. The summed E-state index contributed by atoms with van der Waals surface area (Å²) in [4.78, 5) is 4.91. The van der Waals surface area contributed by atoms with Gasteiger partial charge in [-0.15, -0.1) is 0 Å². The molecule has 1 saturated carbocycles. The standard InChI is InChI=1S/C12H24N4O/c1-10(12(13)14-17)15-6-8-16(9-7-15)11-4-2-3-5-11/h10-11,17H,2-9H2,1H3,(H2,13,14). The van der Waals surface area contributed by atoms with Crippen molar-refractivity contribution in [3.05, 3.63) is 0 Å². The summed E-state index contributed by atoms with van der Waals surface area (Å²) >= 11 is 0. The van der Waals surface area contributed by atoms with Gasteiger partial charge in [-0.25, -0.2) is 0 Å². The van der Waals surface area contributed by atoms with Crippen molar-refractivity contribution in [2.45, 2.75) is 44.7 Å². The summed E-state index contributed by atoms with van der Waals surface area (Å²) in [5.41, 5.74) is 5.65. The SMILES string of the molecule is CC(C(N)=NO)N1CCN(C2CCCC2)CC1. The molecule has 0 spiro atoms. The van der Waals surface area contributed by atoms with Gasteiger partial charge >= 0.3 is 0 Å². The van der Waals surface area contributed by atoms with E-state index in [1.54, 1.807) is 0 Å². The number of nitrogens with two attached hydrogens (primary N) is 1. The van der Waals surface area contributed by atoms with Gasteiger partial charge in [-0.3, -0.25) is 9.80 Å². The zero-order valence-corrected chi connectivity index (χ0v) is 10.7. The monoisotopic (exact) mass is 240 g/mol. The van der Waals surface area contributed by atoms with Gasteiger partial charge in [0, 0.05) is 32.2 Å². The summed E-state index contributed by atoms with van der Waals surface area (Å²) in [6.45, 7) is 6.28. The number of oxime groups is 1. The minimum Gasteiger partial charge on any atom is -0.409 e. The quantitative estimate of drug-likeness (QED) is 0.329. The van der Waals surface area contributed by atoms with Crippen molar-refractivity contribution in [1.82, 2.24) is 9.80 Å². The van der Waals surface area contributed by atoms with E-state index in [-0.39, 0.29) is 6.04 Å². The average molecular weight is 240 g/mol. The van der Waals surface area contributed by atoms with Crippen molar-refractivity contribution in [3.63, 3.8) is 0 Å². The molecule has 0 aromatic rings. The van der Waals surface area contributed by atoms with Gasteiger partial charge in [0.1, 0.15) is 0 Å². The first-order chi connectivity index (χ1) is 8.22. The fourth-order valence-corrected chi connectivity index (χ4v) is 3.03. The predicted molar refractivity (Wildman–Crippen MR) is 68.3 cm³/mol. The van der Waals surface area contributed by atoms with E-state index in [4.69, 9.17) is 10.9 Å². The minimum absolute atomic E-state index is 0.0470.